The van der Waals surface area contributed by atoms with Crippen molar-refractivity contribution in [1.29, 1.82) is 0 Å². The summed E-state index contributed by atoms with van der Waals surface area (Å²) in [7, 11) is 0. The van der Waals surface area contributed by atoms with Gasteiger partial charge in [0.1, 0.15) is 0 Å². The van der Waals surface area contributed by atoms with Crippen LogP contribution in [0.2, 0.25) is 0 Å². The molecule has 0 saturated carbocycles. The molecule has 0 aliphatic carbocycles. The second-order valence-electron chi connectivity index (χ2n) is 3.85. The molecule has 0 aliphatic rings. The number of aryl methyl sites for hydroxylation is 1. The molecule has 1 nitrogen and oxygen atoms in total. The largest absolute Gasteiger partial charge is 0.358 e. The molecule has 0 bridgehead atoms. The molecular weight excluding hydrogens is 202 g/mol. The maximum atomic E-state index is 5.53. The number of fused-ring (bicyclic) bond motifs is 1. The fourth-order valence-electron chi connectivity index (χ4n) is 1.95. The van der Waals surface area contributed by atoms with E-state index >= 15 is 0 Å². The molecule has 1 N–H and O–H groups in total. The highest BCUT2D eigenvalue weighted by atomic mass is 32.1. The van der Waals surface area contributed by atoms with Gasteiger partial charge in [0.05, 0.1) is 4.51 Å². The molecule has 0 atom stereocenters. The van der Waals surface area contributed by atoms with Crippen molar-refractivity contribution in [2.24, 2.45) is 0 Å². The third kappa shape index (κ3) is 1.82. The highest BCUT2D eigenvalue weighted by Gasteiger charge is 2.04. The molecule has 2 heteroatoms. The van der Waals surface area contributed by atoms with Crippen molar-refractivity contribution in [1.82, 2.24) is 4.98 Å². The van der Waals surface area contributed by atoms with E-state index in [2.05, 4.69) is 31.0 Å². The number of aromatic nitrogens is 1. The molecule has 1 aromatic carbocycles. The number of nitrogens with one attached hydrogen (secondary N) is 1. The Morgan fingerprint density at radius 2 is 2.00 bits per heavy atom. The lowest BCUT2D eigenvalue weighted by molar-refractivity contribution is 0.901. The minimum absolute atomic E-state index is 1.02. The van der Waals surface area contributed by atoms with Crippen LogP contribution in [-0.4, -0.2) is 4.98 Å². The predicted octanol–water partition coefficient (Wildman–Crippen LogP) is 4.16. The second-order valence-corrected chi connectivity index (χ2v) is 4.26. The minimum atomic E-state index is 1.02. The topological polar surface area (TPSA) is 15.8 Å². The number of H-pyrrole nitrogens is 1. The molecule has 0 radical (unpaired) electrons. The van der Waals surface area contributed by atoms with E-state index in [-0.39, 0.29) is 0 Å². The van der Waals surface area contributed by atoms with Gasteiger partial charge < -0.3 is 4.98 Å². The van der Waals surface area contributed by atoms with Crippen LogP contribution in [0.5, 0.6) is 0 Å². The van der Waals surface area contributed by atoms with Gasteiger partial charge in [0.15, 0.2) is 0 Å². The van der Waals surface area contributed by atoms with E-state index < -0.39 is 0 Å². The summed E-state index contributed by atoms with van der Waals surface area (Å²) in [5.74, 6) is 0. The first kappa shape index (κ1) is 10.4. The third-order valence-electron chi connectivity index (χ3n) is 2.72. The van der Waals surface area contributed by atoms with Gasteiger partial charge in [-0.05, 0) is 25.0 Å². The lowest BCUT2D eigenvalue weighted by Gasteiger charge is -2.08. The number of rotatable bonds is 2. The summed E-state index contributed by atoms with van der Waals surface area (Å²) < 4.78 is 1.02. The maximum absolute atomic E-state index is 5.53. The van der Waals surface area contributed by atoms with E-state index in [0.717, 1.165) is 22.9 Å². The van der Waals surface area contributed by atoms with Crippen molar-refractivity contribution in [2.45, 2.75) is 26.7 Å². The fraction of sp³-hybridized carbons (Fsp3) is 0.308. The average molecular weight is 217 g/mol. The number of pyridine rings is 1. The molecule has 0 saturated heterocycles. The van der Waals surface area contributed by atoms with Gasteiger partial charge in [0.2, 0.25) is 0 Å². The Morgan fingerprint density at radius 1 is 1.27 bits per heavy atom. The van der Waals surface area contributed by atoms with Crippen LogP contribution in [0.25, 0.3) is 10.9 Å². The van der Waals surface area contributed by atoms with E-state index in [1.807, 2.05) is 12.1 Å². The molecule has 0 fully saturated rings. The standard InChI is InChI=1S/C13H15NS/c1-3-6-10-9(2)14-12-8-5-4-7-11(12)13(10)15/h4-5,7-8H,3,6H2,1-2H3,(H,14,15). The van der Waals surface area contributed by atoms with E-state index in [1.165, 1.54) is 16.6 Å². The summed E-state index contributed by atoms with van der Waals surface area (Å²) in [6.07, 6.45) is 2.20. The summed E-state index contributed by atoms with van der Waals surface area (Å²) in [5, 5.41) is 1.17. The number of para-hydroxylation sites is 1. The molecule has 15 heavy (non-hydrogen) atoms. The van der Waals surface area contributed by atoms with Gasteiger partial charge in [0, 0.05) is 16.6 Å². The maximum Gasteiger partial charge on any atom is 0.0519 e. The van der Waals surface area contributed by atoms with Gasteiger partial charge in [0.25, 0.3) is 0 Å². The summed E-state index contributed by atoms with van der Waals surface area (Å²) >= 11 is 5.53. The van der Waals surface area contributed by atoms with Crippen LogP contribution in [0.3, 0.4) is 0 Å². The zero-order valence-electron chi connectivity index (χ0n) is 9.13. The first-order chi connectivity index (χ1) is 7.24. The highest BCUT2D eigenvalue weighted by molar-refractivity contribution is 7.71. The molecular formula is C13H15NS. The lowest BCUT2D eigenvalue weighted by atomic mass is 10.1. The molecule has 78 valence electrons. The van der Waals surface area contributed by atoms with E-state index in [1.54, 1.807) is 0 Å². The van der Waals surface area contributed by atoms with Crippen LogP contribution in [0.15, 0.2) is 24.3 Å². The normalized spacial score (nSPS) is 10.8. The Kier molecular flexibility index (Phi) is 2.87. The number of hydrogen-bond donors (Lipinski definition) is 1. The molecule has 0 aliphatic heterocycles. The van der Waals surface area contributed by atoms with Gasteiger partial charge >= 0.3 is 0 Å². The van der Waals surface area contributed by atoms with Crippen molar-refractivity contribution >= 4 is 23.1 Å². The van der Waals surface area contributed by atoms with Crippen LogP contribution in [0.1, 0.15) is 24.6 Å². The molecule has 1 aromatic heterocycles. The zero-order chi connectivity index (χ0) is 10.8. The van der Waals surface area contributed by atoms with Crippen LogP contribution in [0, 0.1) is 11.4 Å². The summed E-state index contributed by atoms with van der Waals surface area (Å²) in [6.45, 7) is 4.29. The molecule has 2 aromatic rings. The number of aromatic amines is 1. The second kappa shape index (κ2) is 4.15. The Bertz CT molecular complexity index is 540. The predicted molar refractivity (Wildman–Crippen MR) is 67.9 cm³/mol. The molecule has 0 unspecified atom stereocenters. The molecule has 1 heterocycles. The Balaban J connectivity index is 2.78. The molecule has 0 spiro atoms. The Hall–Kier alpha value is -1.15. The van der Waals surface area contributed by atoms with Crippen molar-refractivity contribution in [2.75, 3.05) is 0 Å². The van der Waals surface area contributed by atoms with Crippen LogP contribution >= 0.6 is 12.2 Å². The first-order valence-corrected chi connectivity index (χ1v) is 5.75. The van der Waals surface area contributed by atoms with Gasteiger partial charge in [-0.1, -0.05) is 43.8 Å². The Labute approximate surface area is 95.2 Å². The van der Waals surface area contributed by atoms with Crippen LogP contribution in [0.4, 0.5) is 0 Å². The fourth-order valence-corrected chi connectivity index (χ4v) is 2.38. The summed E-state index contributed by atoms with van der Waals surface area (Å²) in [5.41, 5.74) is 3.65. The smallest absolute Gasteiger partial charge is 0.0519 e. The van der Waals surface area contributed by atoms with Gasteiger partial charge in [-0.15, -0.1) is 0 Å². The molecule has 2 rings (SSSR count). The monoisotopic (exact) mass is 217 g/mol. The van der Waals surface area contributed by atoms with Crippen LogP contribution in [-0.2, 0) is 6.42 Å². The molecule has 0 amide bonds. The van der Waals surface area contributed by atoms with Crippen LogP contribution < -0.4 is 0 Å². The quantitative estimate of drug-likeness (QED) is 0.747. The highest BCUT2D eigenvalue weighted by Crippen LogP contribution is 2.20. The lowest BCUT2D eigenvalue weighted by Crippen LogP contribution is -1.95. The van der Waals surface area contributed by atoms with E-state index in [4.69, 9.17) is 12.2 Å². The van der Waals surface area contributed by atoms with Crippen molar-refractivity contribution < 1.29 is 0 Å². The Morgan fingerprint density at radius 3 is 2.73 bits per heavy atom. The van der Waals surface area contributed by atoms with Crippen molar-refractivity contribution in [3.8, 4) is 0 Å². The van der Waals surface area contributed by atoms with E-state index in [0.29, 0.717) is 0 Å². The summed E-state index contributed by atoms with van der Waals surface area (Å²) in [6, 6.07) is 8.24. The van der Waals surface area contributed by atoms with E-state index in [9.17, 15) is 0 Å². The average Bonchev–Trinajstić information content (AvgIpc) is 2.24. The minimum Gasteiger partial charge on any atom is -0.358 e. The number of hydrogen-bond acceptors (Lipinski definition) is 1. The van der Waals surface area contributed by atoms with Gasteiger partial charge in [-0.3, -0.25) is 0 Å². The zero-order valence-corrected chi connectivity index (χ0v) is 9.95. The van der Waals surface area contributed by atoms with Crippen molar-refractivity contribution in [3.63, 3.8) is 0 Å². The van der Waals surface area contributed by atoms with Gasteiger partial charge in [-0.25, -0.2) is 0 Å². The first-order valence-electron chi connectivity index (χ1n) is 5.34. The summed E-state index contributed by atoms with van der Waals surface area (Å²) in [4.78, 5) is 3.42. The SMILES string of the molecule is CCCc1c(C)[nH]c2ccccc2c1=S. The third-order valence-corrected chi connectivity index (χ3v) is 3.19. The number of benzene rings is 1. The van der Waals surface area contributed by atoms with Gasteiger partial charge in [-0.2, -0.15) is 0 Å². The van der Waals surface area contributed by atoms with Crippen molar-refractivity contribution in [3.05, 3.63) is 40.0 Å².